The largest absolute Gasteiger partial charge is 0.493 e. The maximum Gasteiger partial charge on any atom is 0.263 e. The maximum absolute atomic E-state index is 13.9. The standard InChI is InChI=1S/C34H33ClN4O4S/c1-18-6-12-24(19(2)16-18)39-32(40)27-20(3)38-34-29(28(27)22-8-10-23(35)11-9-22)30(36)31(44-34)33(41)37-15-14-21-7-13-25(42-4)26(17-21)43-5/h6-13,16-17H,14-15,36H2,1-5H3,(H,37,41)(H,39,40). The monoisotopic (exact) mass is 628 g/mol. The highest BCUT2D eigenvalue weighted by Crippen LogP contribution is 2.42. The van der Waals surface area contributed by atoms with Crippen molar-refractivity contribution in [1.82, 2.24) is 10.3 Å². The number of ether oxygens (including phenoxy) is 2. The van der Waals surface area contributed by atoms with Crippen LogP contribution in [0.4, 0.5) is 11.4 Å². The number of carbonyl (C=O) groups is 2. The number of aromatic nitrogens is 1. The van der Waals surface area contributed by atoms with Crippen LogP contribution in [0.15, 0.2) is 60.7 Å². The zero-order valence-corrected chi connectivity index (χ0v) is 26.7. The van der Waals surface area contributed by atoms with Gasteiger partial charge in [-0.05, 0) is 74.2 Å². The van der Waals surface area contributed by atoms with Gasteiger partial charge in [-0.3, -0.25) is 9.59 Å². The van der Waals surface area contributed by atoms with Crippen LogP contribution in [0.2, 0.25) is 5.02 Å². The molecule has 0 aliphatic rings. The minimum absolute atomic E-state index is 0.270. The average molecular weight is 629 g/mol. The van der Waals surface area contributed by atoms with Crippen LogP contribution < -0.4 is 25.8 Å². The molecule has 0 atom stereocenters. The van der Waals surface area contributed by atoms with Gasteiger partial charge in [-0.2, -0.15) is 0 Å². The normalized spacial score (nSPS) is 11.0. The number of rotatable bonds is 9. The van der Waals surface area contributed by atoms with Crippen molar-refractivity contribution in [1.29, 1.82) is 0 Å². The lowest BCUT2D eigenvalue weighted by atomic mass is 9.94. The number of aryl methyl sites for hydroxylation is 3. The number of benzene rings is 3. The van der Waals surface area contributed by atoms with Crippen molar-refractivity contribution < 1.29 is 19.1 Å². The Kier molecular flexibility index (Phi) is 9.08. The molecule has 0 fully saturated rings. The summed E-state index contributed by atoms with van der Waals surface area (Å²) in [6, 6.07) is 18.7. The van der Waals surface area contributed by atoms with Gasteiger partial charge in [0.05, 0.1) is 31.2 Å². The van der Waals surface area contributed by atoms with Crippen molar-refractivity contribution in [3.63, 3.8) is 0 Å². The van der Waals surface area contributed by atoms with Crippen molar-refractivity contribution in [2.45, 2.75) is 27.2 Å². The number of fused-ring (bicyclic) bond motifs is 1. The first kappa shape index (κ1) is 30.8. The van der Waals surface area contributed by atoms with Gasteiger partial charge in [-0.25, -0.2) is 4.98 Å². The molecule has 0 spiro atoms. The molecule has 0 unspecified atom stereocenters. The molecule has 0 bridgehead atoms. The SMILES string of the molecule is COc1ccc(CCNC(=O)c2sc3nc(C)c(C(=O)Nc4ccc(C)cc4C)c(-c4ccc(Cl)cc4)c3c2N)cc1OC. The molecule has 0 aliphatic heterocycles. The highest BCUT2D eigenvalue weighted by molar-refractivity contribution is 7.21. The molecule has 0 saturated heterocycles. The number of nitrogens with two attached hydrogens (primary N) is 1. The van der Waals surface area contributed by atoms with Crippen molar-refractivity contribution >= 4 is 56.3 Å². The van der Waals surface area contributed by atoms with Crippen molar-refractivity contribution in [2.24, 2.45) is 0 Å². The molecule has 4 N–H and O–H groups in total. The lowest BCUT2D eigenvalue weighted by molar-refractivity contribution is 0.0958. The van der Waals surface area contributed by atoms with Crippen LogP contribution in [-0.4, -0.2) is 37.6 Å². The lowest BCUT2D eigenvalue weighted by Gasteiger charge is -2.16. The van der Waals surface area contributed by atoms with Crippen LogP contribution in [0.25, 0.3) is 21.3 Å². The third-order valence-corrected chi connectivity index (χ3v) is 8.75. The molecule has 2 heterocycles. The number of nitrogens with one attached hydrogen (secondary N) is 2. The number of halogens is 1. The van der Waals surface area contributed by atoms with E-state index in [9.17, 15) is 9.59 Å². The number of nitrogens with zero attached hydrogens (tertiary/aromatic N) is 1. The van der Waals surface area contributed by atoms with Crippen LogP contribution in [0, 0.1) is 20.8 Å². The highest BCUT2D eigenvalue weighted by atomic mass is 35.5. The molecule has 8 nitrogen and oxygen atoms in total. The van der Waals surface area contributed by atoms with E-state index in [-0.39, 0.29) is 17.5 Å². The number of hydrogen-bond acceptors (Lipinski definition) is 7. The van der Waals surface area contributed by atoms with Gasteiger partial charge >= 0.3 is 0 Å². The van der Waals surface area contributed by atoms with E-state index in [0.717, 1.165) is 22.3 Å². The summed E-state index contributed by atoms with van der Waals surface area (Å²) in [5.41, 5.74) is 12.9. The van der Waals surface area contributed by atoms with Gasteiger partial charge < -0.3 is 25.8 Å². The van der Waals surface area contributed by atoms with Crippen LogP contribution >= 0.6 is 22.9 Å². The first-order chi connectivity index (χ1) is 21.1. The molecule has 2 amide bonds. The number of thiophene rings is 1. The highest BCUT2D eigenvalue weighted by Gasteiger charge is 2.27. The van der Waals surface area contributed by atoms with E-state index < -0.39 is 0 Å². The number of pyridine rings is 1. The number of methoxy groups -OCH3 is 2. The van der Waals surface area contributed by atoms with E-state index in [0.29, 0.717) is 67.1 Å². The number of hydrogen-bond donors (Lipinski definition) is 3. The van der Waals surface area contributed by atoms with Gasteiger partial charge in [0, 0.05) is 28.2 Å². The Morgan fingerprint density at radius 3 is 2.34 bits per heavy atom. The maximum atomic E-state index is 13.9. The summed E-state index contributed by atoms with van der Waals surface area (Å²) in [7, 11) is 3.17. The molecule has 5 aromatic rings. The molecule has 44 heavy (non-hydrogen) atoms. The Labute approximate surface area is 265 Å². The smallest absolute Gasteiger partial charge is 0.263 e. The van der Waals surface area contributed by atoms with Crippen molar-refractivity contribution in [3.05, 3.63) is 98.5 Å². The fourth-order valence-corrected chi connectivity index (χ4v) is 6.39. The molecule has 5 rings (SSSR count). The van der Waals surface area contributed by atoms with E-state index in [2.05, 4.69) is 10.6 Å². The second kappa shape index (κ2) is 13.0. The second-order valence-corrected chi connectivity index (χ2v) is 11.9. The van der Waals surface area contributed by atoms with E-state index in [1.54, 1.807) is 33.3 Å². The quantitative estimate of drug-likeness (QED) is 0.157. The van der Waals surface area contributed by atoms with Crippen LogP contribution in [-0.2, 0) is 6.42 Å². The molecular formula is C34H33ClN4O4S. The van der Waals surface area contributed by atoms with Gasteiger partial charge in [-0.1, -0.05) is 47.5 Å². The summed E-state index contributed by atoms with van der Waals surface area (Å²) in [5.74, 6) is 0.630. The van der Waals surface area contributed by atoms with Gasteiger partial charge in [0.25, 0.3) is 11.8 Å². The number of anilines is 2. The zero-order chi connectivity index (χ0) is 31.5. The molecule has 0 aliphatic carbocycles. The number of amides is 2. The molecule has 2 aromatic heterocycles. The predicted octanol–water partition coefficient (Wildman–Crippen LogP) is 7.37. The summed E-state index contributed by atoms with van der Waals surface area (Å²) in [6.07, 6.45) is 0.576. The molecule has 0 radical (unpaired) electrons. The first-order valence-electron chi connectivity index (χ1n) is 14.0. The summed E-state index contributed by atoms with van der Waals surface area (Å²) in [6.45, 7) is 6.11. The fraction of sp³-hybridized carbons (Fsp3) is 0.206. The lowest BCUT2D eigenvalue weighted by Crippen LogP contribution is -2.25. The zero-order valence-electron chi connectivity index (χ0n) is 25.1. The summed E-state index contributed by atoms with van der Waals surface area (Å²) < 4.78 is 10.7. The summed E-state index contributed by atoms with van der Waals surface area (Å²) in [4.78, 5) is 32.9. The van der Waals surface area contributed by atoms with Gasteiger partial charge in [-0.15, -0.1) is 11.3 Å². The summed E-state index contributed by atoms with van der Waals surface area (Å²) >= 11 is 7.41. The average Bonchev–Trinajstić information content (AvgIpc) is 3.33. The Balaban J connectivity index is 1.51. The Bertz CT molecular complexity index is 1890. The van der Waals surface area contributed by atoms with Gasteiger partial charge in [0.2, 0.25) is 0 Å². The Hall–Kier alpha value is -4.60. The Morgan fingerprint density at radius 2 is 1.66 bits per heavy atom. The van der Waals surface area contributed by atoms with Crippen molar-refractivity contribution in [2.75, 3.05) is 31.8 Å². The van der Waals surface area contributed by atoms with Crippen LogP contribution in [0.3, 0.4) is 0 Å². The first-order valence-corrected chi connectivity index (χ1v) is 15.2. The second-order valence-electron chi connectivity index (χ2n) is 10.4. The minimum atomic E-state index is -0.319. The minimum Gasteiger partial charge on any atom is -0.493 e. The van der Waals surface area contributed by atoms with Crippen LogP contribution in [0.1, 0.15) is 42.4 Å². The van der Waals surface area contributed by atoms with E-state index in [1.165, 1.54) is 11.3 Å². The fourth-order valence-electron chi connectivity index (χ4n) is 5.19. The van der Waals surface area contributed by atoms with E-state index in [1.807, 2.05) is 62.4 Å². The Morgan fingerprint density at radius 1 is 0.932 bits per heavy atom. The molecule has 3 aromatic carbocycles. The van der Waals surface area contributed by atoms with Crippen molar-refractivity contribution in [3.8, 4) is 22.6 Å². The predicted molar refractivity (Wildman–Crippen MR) is 179 cm³/mol. The van der Waals surface area contributed by atoms with Crippen LogP contribution in [0.5, 0.6) is 11.5 Å². The number of nitrogen functional groups attached to an aromatic ring is 1. The molecule has 10 heteroatoms. The molecule has 0 saturated carbocycles. The third-order valence-electron chi connectivity index (χ3n) is 7.40. The summed E-state index contributed by atoms with van der Waals surface area (Å²) in [5, 5.41) is 7.14. The third kappa shape index (κ3) is 6.20. The number of carbonyl (C=O) groups excluding carboxylic acids is 2. The molecule has 226 valence electrons. The van der Waals surface area contributed by atoms with Gasteiger partial charge in [0.15, 0.2) is 11.5 Å². The molecular weight excluding hydrogens is 596 g/mol. The van der Waals surface area contributed by atoms with E-state index >= 15 is 0 Å². The topological polar surface area (TPSA) is 116 Å². The van der Waals surface area contributed by atoms with E-state index in [4.69, 9.17) is 31.8 Å². The van der Waals surface area contributed by atoms with Gasteiger partial charge in [0.1, 0.15) is 9.71 Å².